The van der Waals surface area contributed by atoms with Crippen LogP contribution in [0.15, 0.2) is 115 Å². The smallest absolute Gasteiger partial charge is 0.412 e. The van der Waals surface area contributed by atoms with Gasteiger partial charge in [0.25, 0.3) is 0 Å². The summed E-state index contributed by atoms with van der Waals surface area (Å²) in [5.74, 6) is 0.436. The van der Waals surface area contributed by atoms with Crippen molar-refractivity contribution in [1.29, 1.82) is 5.26 Å². The van der Waals surface area contributed by atoms with Crippen LogP contribution in [0.4, 0.5) is 21.9 Å². The molecule has 0 radical (unpaired) electrons. The van der Waals surface area contributed by atoms with Gasteiger partial charge in [0, 0.05) is 17.3 Å². The highest BCUT2D eigenvalue weighted by molar-refractivity contribution is 6.01. The number of nitriles is 1. The van der Waals surface area contributed by atoms with Crippen LogP contribution in [0.25, 0.3) is 0 Å². The zero-order valence-electron chi connectivity index (χ0n) is 23.1. The molecule has 10 heteroatoms. The summed E-state index contributed by atoms with van der Waals surface area (Å²) in [7, 11) is 0. The summed E-state index contributed by atoms with van der Waals surface area (Å²) < 4.78 is 17.7. The lowest BCUT2D eigenvalue weighted by atomic mass is 10.0. The van der Waals surface area contributed by atoms with Crippen molar-refractivity contribution >= 4 is 29.1 Å². The number of carbonyl (C=O) groups excluding carboxylic acids is 2. The van der Waals surface area contributed by atoms with Crippen LogP contribution in [-0.4, -0.2) is 36.4 Å². The normalized spacial score (nSPS) is 12.0. The molecule has 0 unspecified atom stereocenters. The summed E-state index contributed by atoms with van der Waals surface area (Å²) in [5.41, 5.74) is 8.17. The van der Waals surface area contributed by atoms with Crippen molar-refractivity contribution in [2.75, 3.05) is 29.6 Å². The largest absolute Gasteiger partial charge is 0.491 e. The Morgan fingerprint density at radius 2 is 1.63 bits per heavy atom. The Balaban J connectivity index is 1.66. The SMILES string of the molecule is N#Cc1ccc(NC(=O)O[C@@H](c2cccc(OCCO)c2)[C@H](/C=C/C(=O)Nc2ccccc2N)Oc2ccccc2)cc1. The first-order valence-electron chi connectivity index (χ1n) is 13.3. The molecule has 2 atom stereocenters. The number of nitrogens with zero attached hydrogens (tertiary/aromatic N) is 1. The fourth-order valence-corrected chi connectivity index (χ4v) is 3.99. The van der Waals surface area contributed by atoms with Crippen LogP contribution in [0.5, 0.6) is 11.5 Å². The van der Waals surface area contributed by atoms with Crippen LogP contribution >= 0.6 is 0 Å². The van der Waals surface area contributed by atoms with Gasteiger partial charge in [-0.25, -0.2) is 4.79 Å². The summed E-state index contributed by atoms with van der Waals surface area (Å²) in [5, 5.41) is 23.6. The van der Waals surface area contributed by atoms with Crippen molar-refractivity contribution in [3.8, 4) is 17.6 Å². The Labute approximate surface area is 248 Å². The van der Waals surface area contributed by atoms with E-state index < -0.39 is 24.2 Å². The van der Waals surface area contributed by atoms with Crippen LogP contribution in [0.2, 0.25) is 0 Å². The fourth-order valence-electron chi connectivity index (χ4n) is 3.99. The molecule has 0 aliphatic rings. The maximum atomic E-state index is 13.1. The molecule has 0 spiro atoms. The molecule has 0 saturated heterocycles. The minimum absolute atomic E-state index is 0.0702. The highest BCUT2D eigenvalue weighted by Crippen LogP contribution is 2.30. The van der Waals surface area contributed by atoms with Crippen LogP contribution in [0.1, 0.15) is 17.2 Å². The van der Waals surface area contributed by atoms with E-state index in [0.717, 1.165) is 0 Å². The number of ether oxygens (including phenoxy) is 3. The van der Waals surface area contributed by atoms with E-state index in [1.807, 2.05) is 12.1 Å². The molecule has 0 fully saturated rings. The monoisotopic (exact) mass is 578 g/mol. The van der Waals surface area contributed by atoms with E-state index in [0.29, 0.717) is 39.7 Å². The van der Waals surface area contributed by atoms with Crippen LogP contribution in [0.3, 0.4) is 0 Å². The van der Waals surface area contributed by atoms with E-state index in [-0.39, 0.29) is 13.2 Å². The van der Waals surface area contributed by atoms with E-state index in [1.54, 1.807) is 97.1 Å². The fraction of sp³-hybridized carbons (Fsp3) is 0.121. The maximum Gasteiger partial charge on any atom is 0.412 e. The third-order valence-electron chi connectivity index (χ3n) is 6.01. The van der Waals surface area contributed by atoms with Gasteiger partial charge in [0.1, 0.15) is 18.1 Å². The number of anilines is 3. The van der Waals surface area contributed by atoms with E-state index in [4.69, 9.17) is 25.2 Å². The molecule has 2 amide bonds. The Morgan fingerprint density at radius 1 is 0.907 bits per heavy atom. The number of para-hydroxylation sites is 3. The van der Waals surface area contributed by atoms with Crippen molar-refractivity contribution in [3.63, 3.8) is 0 Å². The number of aliphatic hydroxyl groups is 1. The molecule has 5 N–H and O–H groups in total. The number of aliphatic hydroxyl groups excluding tert-OH is 1. The van der Waals surface area contributed by atoms with Gasteiger partial charge in [0.2, 0.25) is 5.91 Å². The lowest BCUT2D eigenvalue weighted by Gasteiger charge is -2.26. The summed E-state index contributed by atoms with van der Waals surface area (Å²) in [6.07, 6.45) is -0.0835. The van der Waals surface area contributed by atoms with Crippen LogP contribution in [-0.2, 0) is 9.53 Å². The maximum absolute atomic E-state index is 13.1. The minimum atomic E-state index is -1.07. The number of nitrogens with one attached hydrogen (secondary N) is 2. The molecule has 0 heterocycles. The Morgan fingerprint density at radius 3 is 2.35 bits per heavy atom. The average Bonchev–Trinajstić information content (AvgIpc) is 3.03. The second-order valence-electron chi connectivity index (χ2n) is 9.12. The van der Waals surface area contributed by atoms with Gasteiger partial charge in [-0.2, -0.15) is 5.26 Å². The Bertz CT molecular complexity index is 1590. The quantitative estimate of drug-likeness (QED) is 0.128. The number of nitrogens with two attached hydrogens (primary N) is 1. The van der Waals surface area contributed by atoms with E-state index in [2.05, 4.69) is 10.6 Å². The average molecular weight is 579 g/mol. The molecule has 10 nitrogen and oxygen atoms in total. The Hall–Kier alpha value is -5.79. The van der Waals surface area contributed by atoms with Crippen molar-refractivity contribution in [1.82, 2.24) is 0 Å². The summed E-state index contributed by atoms with van der Waals surface area (Å²) in [4.78, 5) is 26.0. The molecule has 0 aliphatic heterocycles. The van der Waals surface area contributed by atoms with Crippen LogP contribution < -0.4 is 25.8 Å². The van der Waals surface area contributed by atoms with Gasteiger partial charge < -0.3 is 30.4 Å². The number of nitrogen functional groups attached to an aromatic ring is 1. The molecule has 218 valence electrons. The van der Waals surface area contributed by atoms with Crippen LogP contribution in [0, 0.1) is 11.3 Å². The highest BCUT2D eigenvalue weighted by atomic mass is 16.6. The lowest BCUT2D eigenvalue weighted by molar-refractivity contribution is -0.112. The minimum Gasteiger partial charge on any atom is -0.491 e. The second-order valence-corrected chi connectivity index (χ2v) is 9.12. The summed E-state index contributed by atoms with van der Waals surface area (Å²) in [6.45, 7) is -0.110. The highest BCUT2D eigenvalue weighted by Gasteiger charge is 2.28. The van der Waals surface area contributed by atoms with E-state index in [9.17, 15) is 14.7 Å². The summed E-state index contributed by atoms with van der Waals surface area (Å²) in [6, 6.07) is 30.9. The van der Waals surface area contributed by atoms with Crippen molar-refractivity contribution in [2.45, 2.75) is 12.2 Å². The van der Waals surface area contributed by atoms with Gasteiger partial charge in [-0.05, 0) is 66.7 Å². The predicted molar refractivity (Wildman–Crippen MR) is 163 cm³/mol. The molecule has 0 aliphatic carbocycles. The second kappa shape index (κ2) is 15.3. The molecular weight excluding hydrogens is 548 g/mol. The molecule has 43 heavy (non-hydrogen) atoms. The lowest BCUT2D eigenvalue weighted by Crippen LogP contribution is -2.30. The first-order valence-corrected chi connectivity index (χ1v) is 13.3. The zero-order valence-corrected chi connectivity index (χ0v) is 23.1. The van der Waals surface area contributed by atoms with Gasteiger partial charge in [0.05, 0.1) is 29.6 Å². The predicted octanol–water partition coefficient (Wildman–Crippen LogP) is 5.44. The molecule has 4 rings (SSSR count). The third-order valence-corrected chi connectivity index (χ3v) is 6.01. The number of hydrogen-bond acceptors (Lipinski definition) is 8. The number of rotatable bonds is 12. The number of benzene rings is 4. The first-order chi connectivity index (χ1) is 20.9. The van der Waals surface area contributed by atoms with Gasteiger partial charge in [-0.3, -0.25) is 10.1 Å². The van der Waals surface area contributed by atoms with Gasteiger partial charge in [-0.15, -0.1) is 0 Å². The van der Waals surface area contributed by atoms with Crippen molar-refractivity contribution in [2.24, 2.45) is 0 Å². The molecule has 4 aromatic rings. The first kappa shape index (κ1) is 30.2. The molecular formula is C33H30N4O6. The Kier molecular flexibility index (Phi) is 10.7. The van der Waals surface area contributed by atoms with E-state index >= 15 is 0 Å². The van der Waals surface area contributed by atoms with E-state index in [1.165, 1.54) is 12.2 Å². The van der Waals surface area contributed by atoms with Gasteiger partial charge in [0.15, 0.2) is 12.2 Å². The van der Waals surface area contributed by atoms with Gasteiger partial charge in [-0.1, -0.05) is 42.5 Å². The molecule has 0 aromatic heterocycles. The molecule has 4 aromatic carbocycles. The number of amides is 2. The summed E-state index contributed by atoms with van der Waals surface area (Å²) >= 11 is 0. The van der Waals surface area contributed by atoms with Crippen molar-refractivity contribution < 1.29 is 28.9 Å². The molecule has 0 saturated carbocycles. The number of carbonyl (C=O) groups is 2. The van der Waals surface area contributed by atoms with Crippen molar-refractivity contribution in [3.05, 3.63) is 126 Å². The van der Waals surface area contributed by atoms with Gasteiger partial charge >= 0.3 is 6.09 Å². The third kappa shape index (κ3) is 9.11. The molecule has 0 bridgehead atoms. The standard InChI is InChI=1S/C33H30N4O6/c34-22-23-13-15-25(16-14-23)36-33(40)43-32(24-7-6-10-27(21-24)41-20-19-38)30(42-26-8-2-1-3-9-26)17-18-31(39)37-29-12-5-4-11-28(29)35/h1-18,21,30,32,38H,19-20,35H2,(H,36,40)(H,37,39)/b18-17+/t30-,32-/m0/s1. The topological polar surface area (TPSA) is 156 Å². The number of hydrogen-bond donors (Lipinski definition) is 4. The zero-order chi connectivity index (χ0) is 30.4.